The molecular weight excluding hydrogens is 425 g/mol. The van der Waals surface area contributed by atoms with Gasteiger partial charge in [-0.3, -0.25) is 9.20 Å². The minimum Gasteiger partial charge on any atom is -0.325 e. The first-order valence-electron chi connectivity index (χ1n) is 9.97. The number of nitrogens with one attached hydrogen (secondary N) is 1. The standard InChI is InChI=1S/C24H18FN5OS/c1-15-6-8-16(9-7-15)22-28-29-23-24(27-19-4-2-3-5-20(19)30(22)23)32-14-21(31)26-18-12-10-17(25)11-13-18/h2-13H,14H2,1H3,(H,26,31). The monoisotopic (exact) mass is 443 g/mol. The van der Waals surface area contributed by atoms with Crippen LogP contribution in [0.2, 0.25) is 0 Å². The summed E-state index contributed by atoms with van der Waals surface area (Å²) in [5.74, 6) is 0.283. The van der Waals surface area contributed by atoms with Crippen molar-refractivity contribution in [3.05, 3.63) is 84.2 Å². The van der Waals surface area contributed by atoms with E-state index in [-0.39, 0.29) is 17.5 Å². The Balaban J connectivity index is 1.49. The number of halogens is 1. The highest BCUT2D eigenvalue weighted by molar-refractivity contribution is 8.00. The fraction of sp³-hybridized carbons (Fsp3) is 0.0833. The third-order valence-electron chi connectivity index (χ3n) is 4.98. The summed E-state index contributed by atoms with van der Waals surface area (Å²) >= 11 is 1.29. The van der Waals surface area contributed by atoms with Gasteiger partial charge >= 0.3 is 0 Å². The molecule has 158 valence electrons. The second-order valence-corrected chi connectivity index (χ2v) is 8.26. The quantitative estimate of drug-likeness (QED) is 0.382. The van der Waals surface area contributed by atoms with Crippen molar-refractivity contribution in [1.82, 2.24) is 19.6 Å². The van der Waals surface area contributed by atoms with Gasteiger partial charge in [0, 0.05) is 11.3 Å². The Morgan fingerprint density at radius 2 is 1.75 bits per heavy atom. The van der Waals surface area contributed by atoms with Crippen LogP contribution in [0, 0.1) is 12.7 Å². The zero-order chi connectivity index (χ0) is 22.1. The lowest BCUT2D eigenvalue weighted by Gasteiger charge is -2.09. The summed E-state index contributed by atoms with van der Waals surface area (Å²) < 4.78 is 15.1. The minimum absolute atomic E-state index is 0.130. The first kappa shape index (κ1) is 20.1. The van der Waals surface area contributed by atoms with Gasteiger partial charge in [0.1, 0.15) is 10.8 Å². The molecule has 0 unspecified atom stereocenters. The molecule has 0 aliphatic heterocycles. The van der Waals surface area contributed by atoms with E-state index in [1.54, 1.807) is 0 Å². The van der Waals surface area contributed by atoms with Crippen LogP contribution < -0.4 is 5.32 Å². The predicted octanol–water partition coefficient (Wildman–Crippen LogP) is 5.12. The van der Waals surface area contributed by atoms with Gasteiger partial charge in [-0.15, -0.1) is 10.2 Å². The largest absolute Gasteiger partial charge is 0.325 e. The molecule has 0 radical (unpaired) electrons. The molecule has 1 amide bonds. The van der Waals surface area contributed by atoms with Crippen LogP contribution in [0.5, 0.6) is 0 Å². The molecule has 0 aliphatic rings. The molecule has 3 aromatic carbocycles. The van der Waals surface area contributed by atoms with E-state index in [1.807, 2.05) is 59.9 Å². The minimum atomic E-state index is -0.351. The van der Waals surface area contributed by atoms with Crippen molar-refractivity contribution in [2.45, 2.75) is 11.9 Å². The van der Waals surface area contributed by atoms with Crippen molar-refractivity contribution in [3.8, 4) is 11.4 Å². The molecule has 8 heteroatoms. The number of anilines is 1. The van der Waals surface area contributed by atoms with E-state index in [1.165, 1.54) is 36.0 Å². The lowest BCUT2D eigenvalue weighted by atomic mass is 10.1. The average molecular weight is 444 g/mol. The van der Waals surface area contributed by atoms with E-state index in [2.05, 4.69) is 15.5 Å². The number of hydrogen-bond acceptors (Lipinski definition) is 5. The van der Waals surface area contributed by atoms with Gasteiger partial charge in [0.15, 0.2) is 11.5 Å². The molecule has 1 N–H and O–H groups in total. The number of fused-ring (bicyclic) bond motifs is 3. The van der Waals surface area contributed by atoms with Crippen LogP contribution >= 0.6 is 11.8 Å². The molecule has 0 spiro atoms. The summed E-state index contributed by atoms with van der Waals surface area (Å²) in [5.41, 5.74) is 4.93. The van der Waals surface area contributed by atoms with Crippen molar-refractivity contribution in [2.75, 3.05) is 11.1 Å². The van der Waals surface area contributed by atoms with Crippen LogP contribution in [0.15, 0.2) is 77.8 Å². The number of benzene rings is 3. The number of para-hydroxylation sites is 2. The topological polar surface area (TPSA) is 72.2 Å². The summed E-state index contributed by atoms with van der Waals surface area (Å²) in [6.07, 6.45) is 0. The molecule has 0 saturated carbocycles. The van der Waals surface area contributed by atoms with E-state index in [9.17, 15) is 9.18 Å². The van der Waals surface area contributed by atoms with Gasteiger partial charge in [-0.25, -0.2) is 9.37 Å². The zero-order valence-electron chi connectivity index (χ0n) is 17.1. The van der Waals surface area contributed by atoms with Crippen LogP contribution in [0.1, 0.15) is 5.56 Å². The lowest BCUT2D eigenvalue weighted by Crippen LogP contribution is -2.14. The Kier molecular flexibility index (Phi) is 5.28. The van der Waals surface area contributed by atoms with E-state index >= 15 is 0 Å². The van der Waals surface area contributed by atoms with Crippen molar-refractivity contribution < 1.29 is 9.18 Å². The highest BCUT2D eigenvalue weighted by Gasteiger charge is 2.17. The first-order valence-corrected chi connectivity index (χ1v) is 11.0. The first-order chi connectivity index (χ1) is 15.6. The average Bonchev–Trinajstić information content (AvgIpc) is 3.25. The third kappa shape index (κ3) is 3.92. The summed E-state index contributed by atoms with van der Waals surface area (Å²) in [6.45, 7) is 2.04. The summed E-state index contributed by atoms with van der Waals surface area (Å²) in [4.78, 5) is 17.2. The summed E-state index contributed by atoms with van der Waals surface area (Å²) in [5, 5.41) is 12.2. The van der Waals surface area contributed by atoms with E-state index in [4.69, 9.17) is 4.98 Å². The van der Waals surface area contributed by atoms with Gasteiger partial charge in [0.05, 0.1) is 16.8 Å². The van der Waals surface area contributed by atoms with E-state index in [0.717, 1.165) is 28.0 Å². The van der Waals surface area contributed by atoms with Crippen molar-refractivity contribution in [1.29, 1.82) is 0 Å². The van der Waals surface area contributed by atoms with Crippen LogP contribution in [0.4, 0.5) is 10.1 Å². The Morgan fingerprint density at radius 3 is 2.53 bits per heavy atom. The summed E-state index contributed by atoms with van der Waals surface area (Å²) in [6, 6.07) is 21.5. The van der Waals surface area contributed by atoms with Gasteiger partial charge in [0.2, 0.25) is 5.91 Å². The van der Waals surface area contributed by atoms with Crippen LogP contribution in [-0.4, -0.2) is 31.2 Å². The van der Waals surface area contributed by atoms with Crippen LogP contribution in [-0.2, 0) is 4.79 Å². The Labute approximate surface area is 187 Å². The molecule has 2 aromatic heterocycles. The molecule has 0 atom stereocenters. The smallest absolute Gasteiger partial charge is 0.234 e. The molecule has 0 bridgehead atoms. The maximum atomic E-state index is 13.1. The molecule has 0 aliphatic carbocycles. The number of hydrogen-bond donors (Lipinski definition) is 1. The van der Waals surface area contributed by atoms with Crippen LogP contribution in [0.25, 0.3) is 28.1 Å². The molecular formula is C24H18FN5OS. The molecule has 6 nitrogen and oxygen atoms in total. The Morgan fingerprint density at radius 1 is 1.00 bits per heavy atom. The number of thioether (sulfide) groups is 1. The van der Waals surface area contributed by atoms with E-state index < -0.39 is 0 Å². The number of aromatic nitrogens is 4. The number of carbonyl (C=O) groups is 1. The second-order valence-electron chi connectivity index (χ2n) is 7.30. The number of carbonyl (C=O) groups excluding carboxylic acids is 1. The maximum absolute atomic E-state index is 13.1. The predicted molar refractivity (Wildman–Crippen MR) is 124 cm³/mol. The number of nitrogens with zero attached hydrogens (tertiary/aromatic N) is 4. The van der Waals surface area contributed by atoms with Crippen LogP contribution in [0.3, 0.4) is 0 Å². The number of aryl methyl sites for hydroxylation is 1. The fourth-order valence-electron chi connectivity index (χ4n) is 3.41. The molecule has 5 aromatic rings. The third-order valence-corrected chi connectivity index (χ3v) is 5.93. The zero-order valence-corrected chi connectivity index (χ0v) is 17.9. The van der Waals surface area contributed by atoms with Crippen molar-refractivity contribution in [2.24, 2.45) is 0 Å². The molecule has 2 heterocycles. The SMILES string of the molecule is Cc1ccc(-c2nnc3c(SCC(=O)Nc4ccc(F)cc4)nc4ccccc4n23)cc1. The van der Waals surface area contributed by atoms with Gasteiger partial charge < -0.3 is 5.32 Å². The van der Waals surface area contributed by atoms with Gasteiger partial charge in [-0.05, 0) is 43.3 Å². The molecule has 5 rings (SSSR count). The maximum Gasteiger partial charge on any atom is 0.234 e. The fourth-order valence-corrected chi connectivity index (χ4v) is 4.17. The highest BCUT2D eigenvalue weighted by Crippen LogP contribution is 2.29. The van der Waals surface area contributed by atoms with E-state index in [0.29, 0.717) is 16.4 Å². The Hall–Kier alpha value is -3.78. The van der Waals surface area contributed by atoms with Crippen molar-refractivity contribution >= 4 is 40.0 Å². The van der Waals surface area contributed by atoms with Gasteiger partial charge in [0.25, 0.3) is 0 Å². The normalized spacial score (nSPS) is 11.2. The molecule has 0 saturated heterocycles. The highest BCUT2D eigenvalue weighted by atomic mass is 32.2. The van der Waals surface area contributed by atoms with Gasteiger partial charge in [-0.2, -0.15) is 0 Å². The molecule has 0 fully saturated rings. The van der Waals surface area contributed by atoms with Gasteiger partial charge in [-0.1, -0.05) is 53.7 Å². The second kappa shape index (κ2) is 8.39. The summed E-state index contributed by atoms with van der Waals surface area (Å²) in [7, 11) is 0. The lowest BCUT2D eigenvalue weighted by molar-refractivity contribution is -0.113. The molecule has 32 heavy (non-hydrogen) atoms. The Bertz CT molecular complexity index is 1430. The van der Waals surface area contributed by atoms with Crippen molar-refractivity contribution in [3.63, 3.8) is 0 Å². The number of amides is 1. The number of rotatable bonds is 5.